The molecule has 0 fully saturated rings. The van der Waals surface area contributed by atoms with Crippen LogP contribution in [0.15, 0.2) is 78.0 Å². The number of rotatable bonds is 8. The number of hydrogen-bond acceptors (Lipinski definition) is 4. The van der Waals surface area contributed by atoms with Crippen molar-refractivity contribution in [3.63, 3.8) is 0 Å². The SMILES string of the molecule is CON=C(C(=O)NCc1ccc(Cl)cc1)c1ccccc1COc1ccccc1C. The molecular weight excluding hydrogens is 400 g/mol. The van der Waals surface area contributed by atoms with Crippen molar-refractivity contribution in [1.29, 1.82) is 0 Å². The molecule has 154 valence electrons. The highest BCUT2D eigenvalue weighted by molar-refractivity contribution is 6.45. The number of nitrogens with one attached hydrogen (secondary N) is 1. The maximum absolute atomic E-state index is 12.9. The van der Waals surface area contributed by atoms with Gasteiger partial charge in [-0.1, -0.05) is 71.4 Å². The lowest BCUT2D eigenvalue weighted by molar-refractivity contribution is -0.115. The zero-order valence-electron chi connectivity index (χ0n) is 16.9. The third-order valence-corrected chi connectivity index (χ3v) is 4.77. The van der Waals surface area contributed by atoms with Crippen LogP contribution in [0.2, 0.25) is 5.02 Å². The highest BCUT2D eigenvalue weighted by atomic mass is 35.5. The second-order valence-corrected chi connectivity index (χ2v) is 7.08. The minimum Gasteiger partial charge on any atom is -0.489 e. The fourth-order valence-corrected chi connectivity index (χ4v) is 3.05. The van der Waals surface area contributed by atoms with Crippen molar-refractivity contribution >= 4 is 23.2 Å². The van der Waals surface area contributed by atoms with Crippen LogP contribution in [0.4, 0.5) is 0 Å². The van der Waals surface area contributed by atoms with E-state index in [2.05, 4.69) is 10.5 Å². The van der Waals surface area contributed by atoms with Gasteiger partial charge in [0.15, 0.2) is 5.71 Å². The molecule has 1 amide bonds. The molecule has 0 saturated heterocycles. The minimum atomic E-state index is -0.338. The van der Waals surface area contributed by atoms with Crippen LogP contribution in [0.25, 0.3) is 0 Å². The van der Waals surface area contributed by atoms with Gasteiger partial charge in [-0.2, -0.15) is 0 Å². The number of hydrogen-bond donors (Lipinski definition) is 1. The van der Waals surface area contributed by atoms with Gasteiger partial charge in [-0.15, -0.1) is 0 Å². The Morgan fingerprint density at radius 2 is 1.70 bits per heavy atom. The van der Waals surface area contributed by atoms with E-state index in [1.807, 2.05) is 67.6 Å². The first-order valence-corrected chi connectivity index (χ1v) is 9.87. The van der Waals surface area contributed by atoms with E-state index in [0.717, 1.165) is 22.4 Å². The smallest absolute Gasteiger partial charge is 0.274 e. The van der Waals surface area contributed by atoms with E-state index < -0.39 is 0 Å². The summed E-state index contributed by atoms with van der Waals surface area (Å²) in [5.74, 6) is 0.458. The number of ether oxygens (including phenoxy) is 1. The molecule has 0 unspecified atom stereocenters. The van der Waals surface area contributed by atoms with E-state index >= 15 is 0 Å². The molecule has 3 aromatic rings. The quantitative estimate of drug-likeness (QED) is 0.415. The van der Waals surface area contributed by atoms with Gasteiger partial charge in [-0.25, -0.2) is 0 Å². The Morgan fingerprint density at radius 1 is 1.00 bits per heavy atom. The van der Waals surface area contributed by atoms with Gasteiger partial charge in [-0.05, 0) is 41.8 Å². The summed E-state index contributed by atoms with van der Waals surface area (Å²) in [4.78, 5) is 17.8. The largest absolute Gasteiger partial charge is 0.489 e. The Balaban J connectivity index is 1.76. The van der Waals surface area contributed by atoms with Crippen molar-refractivity contribution in [2.45, 2.75) is 20.1 Å². The molecule has 6 heteroatoms. The van der Waals surface area contributed by atoms with Crippen LogP contribution >= 0.6 is 11.6 Å². The molecule has 3 aromatic carbocycles. The molecule has 5 nitrogen and oxygen atoms in total. The van der Waals surface area contributed by atoms with Gasteiger partial charge >= 0.3 is 0 Å². The van der Waals surface area contributed by atoms with E-state index in [9.17, 15) is 4.79 Å². The molecule has 30 heavy (non-hydrogen) atoms. The van der Waals surface area contributed by atoms with Crippen molar-refractivity contribution in [2.75, 3.05) is 7.11 Å². The highest BCUT2D eigenvalue weighted by Crippen LogP contribution is 2.20. The number of aryl methyl sites for hydroxylation is 1. The third kappa shape index (κ3) is 5.61. The van der Waals surface area contributed by atoms with Crippen molar-refractivity contribution in [3.05, 3.63) is 100 Å². The molecule has 1 N–H and O–H groups in total. The van der Waals surface area contributed by atoms with Gasteiger partial charge in [0.05, 0.1) is 0 Å². The number of amides is 1. The molecule has 0 atom stereocenters. The van der Waals surface area contributed by atoms with Gasteiger partial charge in [0.25, 0.3) is 5.91 Å². The van der Waals surface area contributed by atoms with Crippen LogP contribution in [0.1, 0.15) is 22.3 Å². The standard InChI is InChI=1S/C24H23ClN2O3/c1-17-7-3-6-10-22(17)30-16-19-8-4-5-9-21(19)23(27-29-2)24(28)26-15-18-11-13-20(25)14-12-18/h3-14H,15-16H2,1-2H3,(H,26,28). The summed E-state index contributed by atoms with van der Waals surface area (Å²) in [6.07, 6.45) is 0. The van der Waals surface area contributed by atoms with Gasteiger partial charge in [0.1, 0.15) is 19.5 Å². The second-order valence-electron chi connectivity index (χ2n) is 6.64. The molecule has 0 aliphatic carbocycles. The van der Waals surface area contributed by atoms with E-state index in [1.165, 1.54) is 7.11 Å². The van der Waals surface area contributed by atoms with E-state index in [0.29, 0.717) is 23.7 Å². The van der Waals surface area contributed by atoms with Gasteiger partial charge in [0, 0.05) is 17.1 Å². The zero-order chi connectivity index (χ0) is 21.3. The predicted molar refractivity (Wildman–Crippen MR) is 119 cm³/mol. The Kier molecular flexibility index (Phi) is 7.46. The normalized spacial score (nSPS) is 11.1. The highest BCUT2D eigenvalue weighted by Gasteiger charge is 2.18. The Morgan fingerprint density at radius 3 is 2.43 bits per heavy atom. The molecule has 0 bridgehead atoms. The number of para-hydroxylation sites is 1. The Bertz CT molecular complexity index is 1030. The predicted octanol–water partition coefficient (Wildman–Crippen LogP) is 4.89. The monoisotopic (exact) mass is 422 g/mol. The summed E-state index contributed by atoms with van der Waals surface area (Å²) in [6, 6.07) is 22.6. The van der Waals surface area contributed by atoms with Crippen LogP contribution in [-0.4, -0.2) is 18.7 Å². The number of carbonyl (C=O) groups excluding carboxylic acids is 1. The summed E-state index contributed by atoms with van der Waals surface area (Å²) in [6.45, 7) is 2.64. The molecule has 0 radical (unpaired) electrons. The summed E-state index contributed by atoms with van der Waals surface area (Å²) >= 11 is 5.91. The van der Waals surface area contributed by atoms with Crippen LogP contribution in [0.5, 0.6) is 5.75 Å². The van der Waals surface area contributed by atoms with E-state index in [4.69, 9.17) is 21.2 Å². The van der Waals surface area contributed by atoms with Gasteiger partial charge < -0.3 is 14.9 Å². The van der Waals surface area contributed by atoms with Crippen molar-refractivity contribution in [1.82, 2.24) is 5.32 Å². The Hall–Kier alpha value is -3.31. The topological polar surface area (TPSA) is 59.9 Å². The van der Waals surface area contributed by atoms with Crippen molar-refractivity contribution in [3.8, 4) is 5.75 Å². The first-order chi connectivity index (χ1) is 14.6. The minimum absolute atomic E-state index is 0.190. The summed E-state index contributed by atoms with van der Waals surface area (Å²) in [5, 5.41) is 7.51. The average molecular weight is 423 g/mol. The van der Waals surface area contributed by atoms with E-state index in [-0.39, 0.29) is 11.6 Å². The maximum atomic E-state index is 12.9. The van der Waals surface area contributed by atoms with Crippen LogP contribution in [0, 0.1) is 6.92 Å². The molecule has 3 rings (SSSR count). The molecule has 0 spiro atoms. The molecule has 0 heterocycles. The van der Waals surface area contributed by atoms with Gasteiger partial charge in [-0.3, -0.25) is 4.79 Å². The molecule has 0 saturated carbocycles. The van der Waals surface area contributed by atoms with Crippen molar-refractivity contribution in [2.24, 2.45) is 5.16 Å². The number of oxime groups is 1. The summed E-state index contributed by atoms with van der Waals surface area (Å²) in [7, 11) is 1.42. The second kappa shape index (κ2) is 10.5. The third-order valence-electron chi connectivity index (χ3n) is 4.51. The zero-order valence-corrected chi connectivity index (χ0v) is 17.6. The van der Waals surface area contributed by atoms with E-state index in [1.54, 1.807) is 12.1 Å². The lowest BCUT2D eigenvalue weighted by Gasteiger charge is -2.14. The first-order valence-electron chi connectivity index (χ1n) is 9.49. The molecule has 0 aliphatic rings. The van der Waals surface area contributed by atoms with Crippen LogP contribution in [0.3, 0.4) is 0 Å². The van der Waals surface area contributed by atoms with Gasteiger partial charge in [0.2, 0.25) is 0 Å². The molecule has 0 aliphatic heterocycles. The van der Waals surface area contributed by atoms with Crippen molar-refractivity contribution < 1.29 is 14.4 Å². The number of halogens is 1. The van der Waals surface area contributed by atoms with Crippen LogP contribution < -0.4 is 10.1 Å². The van der Waals surface area contributed by atoms with Crippen LogP contribution in [-0.2, 0) is 22.8 Å². The average Bonchev–Trinajstić information content (AvgIpc) is 2.77. The lowest BCUT2D eigenvalue weighted by Crippen LogP contribution is -2.32. The first kappa shape index (κ1) is 21.4. The fourth-order valence-electron chi connectivity index (χ4n) is 2.92. The fraction of sp³-hybridized carbons (Fsp3) is 0.167. The lowest BCUT2D eigenvalue weighted by atomic mass is 10.0. The summed E-state index contributed by atoms with van der Waals surface area (Å²) in [5.41, 5.74) is 3.65. The molecular formula is C24H23ClN2O3. The number of carbonyl (C=O) groups is 1. The maximum Gasteiger partial charge on any atom is 0.274 e. The molecule has 0 aromatic heterocycles. The number of benzene rings is 3. The Labute approximate surface area is 181 Å². The number of nitrogens with zero attached hydrogens (tertiary/aromatic N) is 1. The summed E-state index contributed by atoms with van der Waals surface area (Å²) < 4.78 is 5.97.